The van der Waals surface area contributed by atoms with E-state index < -0.39 is 29.0 Å². The first kappa shape index (κ1) is 16.8. The lowest BCUT2D eigenvalue weighted by atomic mass is 10.1. The number of carbonyl (C=O) groups excluding carboxylic acids is 1. The molecule has 5 nitrogen and oxygen atoms in total. The van der Waals surface area contributed by atoms with Crippen LogP contribution in [0, 0.1) is 0 Å². The molecule has 2 aromatic carbocycles. The Morgan fingerprint density at radius 3 is 2.64 bits per heavy atom. The minimum atomic E-state index is -4.62. The van der Waals surface area contributed by atoms with Crippen LogP contribution in [0.5, 0.6) is 5.75 Å². The molecule has 1 aliphatic rings. The second kappa shape index (κ2) is 6.46. The molecule has 130 valence electrons. The summed E-state index contributed by atoms with van der Waals surface area (Å²) in [5, 5.41) is 12.2. The molecule has 0 atom stereocenters. The van der Waals surface area contributed by atoms with Crippen LogP contribution in [-0.4, -0.2) is 30.1 Å². The molecule has 0 saturated carbocycles. The maximum absolute atomic E-state index is 12.8. The van der Waals surface area contributed by atoms with Gasteiger partial charge >= 0.3 is 6.18 Å². The smallest absolute Gasteiger partial charge is 0.416 e. The van der Waals surface area contributed by atoms with Crippen molar-refractivity contribution < 1.29 is 27.8 Å². The Balaban J connectivity index is 1.91. The number of carbonyl (C=O) groups is 1. The number of halogens is 3. The van der Waals surface area contributed by atoms with Gasteiger partial charge in [0.25, 0.3) is 5.91 Å². The number of phenolic OH excluding ortho intramolecular Hbond substituents is 1. The lowest BCUT2D eigenvalue weighted by Crippen LogP contribution is -2.16. The highest BCUT2D eigenvalue weighted by Crippen LogP contribution is 2.32. The van der Waals surface area contributed by atoms with Gasteiger partial charge in [-0.2, -0.15) is 13.2 Å². The summed E-state index contributed by atoms with van der Waals surface area (Å²) in [5.41, 5.74) is -0.657. The zero-order valence-corrected chi connectivity index (χ0v) is 12.8. The number of rotatable bonds is 3. The van der Waals surface area contributed by atoms with Gasteiger partial charge in [0.1, 0.15) is 12.4 Å². The molecule has 0 unspecified atom stereocenters. The topological polar surface area (TPSA) is 70.9 Å². The summed E-state index contributed by atoms with van der Waals surface area (Å²) in [5.74, 6) is -1.06. The lowest BCUT2D eigenvalue weighted by molar-refractivity contribution is -0.137. The Labute approximate surface area is 140 Å². The number of phenols is 1. The zero-order valence-electron chi connectivity index (χ0n) is 12.8. The molecule has 0 radical (unpaired) electrons. The van der Waals surface area contributed by atoms with E-state index >= 15 is 0 Å². The standard InChI is InChI=1S/C17H13F3N2O3/c18-17(19,20)10-5-6-14(23)12(9-10)15(24)22-13-4-2-1-3-11(13)16-21-7-8-25-16/h1-6,9,23H,7-8H2,(H,22,24). The van der Waals surface area contributed by atoms with Crippen LogP contribution in [0.3, 0.4) is 0 Å². The van der Waals surface area contributed by atoms with Crippen molar-refractivity contribution in [2.24, 2.45) is 4.99 Å². The molecule has 0 fully saturated rings. The Bertz CT molecular complexity index is 847. The van der Waals surface area contributed by atoms with Gasteiger partial charge in [-0.25, -0.2) is 4.99 Å². The van der Waals surface area contributed by atoms with Crippen molar-refractivity contribution in [3.63, 3.8) is 0 Å². The Morgan fingerprint density at radius 1 is 1.20 bits per heavy atom. The van der Waals surface area contributed by atoms with Gasteiger partial charge in [0, 0.05) is 0 Å². The minimum Gasteiger partial charge on any atom is -0.507 e. The molecule has 0 aliphatic carbocycles. The molecule has 1 aliphatic heterocycles. The number of hydrogen-bond acceptors (Lipinski definition) is 4. The normalized spacial score (nSPS) is 14.0. The van der Waals surface area contributed by atoms with Crippen LogP contribution in [0.4, 0.5) is 18.9 Å². The van der Waals surface area contributed by atoms with Gasteiger partial charge in [0.2, 0.25) is 5.90 Å². The van der Waals surface area contributed by atoms with E-state index in [1.807, 2.05) is 0 Å². The lowest BCUT2D eigenvalue weighted by Gasteiger charge is -2.13. The van der Waals surface area contributed by atoms with E-state index in [1.54, 1.807) is 24.3 Å². The number of ether oxygens (including phenoxy) is 1. The van der Waals surface area contributed by atoms with Crippen LogP contribution in [0.2, 0.25) is 0 Å². The fraction of sp³-hybridized carbons (Fsp3) is 0.176. The first-order valence-electron chi connectivity index (χ1n) is 7.34. The van der Waals surface area contributed by atoms with Gasteiger partial charge in [-0.3, -0.25) is 4.79 Å². The Kier molecular flexibility index (Phi) is 4.35. The largest absolute Gasteiger partial charge is 0.507 e. The van der Waals surface area contributed by atoms with Gasteiger partial charge in [-0.05, 0) is 30.3 Å². The molecule has 25 heavy (non-hydrogen) atoms. The monoisotopic (exact) mass is 350 g/mol. The number of hydrogen-bond donors (Lipinski definition) is 2. The summed E-state index contributed by atoms with van der Waals surface area (Å²) in [6.45, 7) is 0.915. The minimum absolute atomic E-state index is 0.324. The molecule has 0 spiro atoms. The molecule has 0 aromatic heterocycles. The van der Waals surface area contributed by atoms with Crippen molar-refractivity contribution in [1.29, 1.82) is 0 Å². The average molecular weight is 350 g/mol. The van der Waals surface area contributed by atoms with Gasteiger partial charge in [0.05, 0.1) is 28.9 Å². The fourth-order valence-corrected chi connectivity index (χ4v) is 2.36. The third-order valence-electron chi connectivity index (χ3n) is 3.56. The first-order valence-corrected chi connectivity index (χ1v) is 7.34. The third kappa shape index (κ3) is 3.57. The van der Waals surface area contributed by atoms with E-state index in [9.17, 15) is 23.1 Å². The summed E-state index contributed by atoms with van der Waals surface area (Å²) in [6.07, 6.45) is -4.62. The van der Waals surface area contributed by atoms with E-state index in [1.165, 1.54) is 0 Å². The van der Waals surface area contributed by atoms with Crippen LogP contribution in [-0.2, 0) is 10.9 Å². The summed E-state index contributed by atoms with van der Waals surface area (Å²) < 4.78 is 43.8. The maximum Gasteiger partial charge on any atom is 0.416 e. The SMILES string of the molecule is O=C(Nc1ccccc1C1=NCCO1)c1cc(C(F)(F)F)ccc1O. The number of nitrogens with one attached hydrogen (secondary N) is 1. The number of aliphatic imine (C=N–C) groups is 1. The van der Waals surface area contributed by atoms with Crippen LogP contribution in [0.25, 0.3) is 0 Å². The van der Waals surface area contributed by atoms with E-state index in [-0.39, 0.29) is 0 Å². The van der Waals surface area contributed by atoms with Crippen molar-refractivity contribution in [1.82, 2.24) is 0 Å². The summed E-state index contributed by atoms with van der Waals surface area (Å²) >= 11 is 0. The number of amides is 1. The molecular formula is C17H13F3N2O3. The zero-order chi connectivity index (χ0) is 18.0. The van der Waals surface area contributed by atoms with E-state index in [4.69, 9.17) is 4.74 Å². The van der Waals surface area contributed by atoms with E-state index in [0.29, 0.717) is 42.4 Å². The predicted octanol–water partition coefficient (Wildman–Crippen LogP) is 3.44. The van der Waals surface area contributed by atoms with Crippen molar-refractivity contribution in [2.45, 2.75) is 6.18 Å². The molecule has 1 amide bonds. The number of anilines is 1. The van der Waals surface area contributed by atoms with Crippen molar-refractivity contribution in [3.05, 3.63) is 59.2 Å². The fourth-order valence-electron chi connectivity index (χ4n) is 2.36. The van der Waals surface area contributed by atoms with Gasteiger partial charge in [-0.15, -0.1) is 0 Å². The van der Waals surface area contributed by atoms with E-state index in [0.717, 1.165) is 6.07 Å². The predicted molar refractivity (Wildman–Crippen MR) is 84.9 cm³/mol. The molecule has 2 N–H and O–H groups in total. The molecule has 3 rings (SSSR count). The maximum atomic E-state index is 12.8. The van der Waals surface area contributed by atoms with Gasteiger partial charge < -0.3 is 15.2 Å². The number of benzene rings is 2. The number of nitrogens with zero attached hydrogens (tertiary/aromatic N) is 1. The summed E-state index contributed by atoms with van der Waals surface area (Å²) in [4.78, 5) is 16.5. The third-order valence-corrected chi connectivity index (χ3v) is 3.56. The van der Waals surface area contributed by atoms with Crippen LogP contribution >= 0.6 is 0 Å². The number of aromatic hydroxyl groups is 1. The molecule has 1 heterocycles. The highest BCUT2D eigenvalue weighted by atomic mass is 19.4. The highest BCUT2D eigenvalue weighted by Gasteiger charge is 2.32. The molecular weight excluding hydrogens is 337 g/mol. The number of alkyl halides is 3. The van der Waals surface area contributed by atoms with E-state index in [2.05, 4.69) is 10.3 Å². The Hall–Kier alpha value is -3.03. The quantitative estimate of drug-likeness (QED) is 0.891. The molecule has 8 heteroatoms. The van der Waals surface area contributed by atoms with Gasteiger partial charge in [-0.1, -0.05) is 12.1 Å². The Morgan fingerprint density at radius 2 is 1.96 bits per heavy atom. The van der Waals surface area contributed by atoms with Gasteiger partial charge in [0.15, 0.2) is 0 Å². The average Bonchev–Trinajstić information content (AvgIpc) is 3.09. The highest BCUT2D eigenvalue weighted by molar-refractivity contribution is 6.10. The van der Waals surface area contributed by atoms with Crippen molar-refractivity contribution in [3.8, 4) is 5.75 Å². The van der Waals surface area contributed by atoms with Crippen LogP contribution in [0.1, 0.15) is 21.5 Å². The number of para-hydroxylation sites is 1. The summed E-state index contributed by atoms with van der Waals surface area (Å²) in [7, 11) is 0. The second-order valence-electron chi connectivity index (χ2n) is 5.26. The molecule has 2 aromatic rings. The van der Waals surface area contributed by atoms with Crippen molar-refractivity contribution >= 4 is 17.5 Å². The molecule has 0 bridgehead atoms. The van der Waals surface area contributed by atoms with Crippen LogP contribution < -0.4 is 5.32 Å². The first-order chi connectivity index (χ1) is 11.9. The van der Waals surface area contributed by atoms with Crippen LogP contribution in [0.15, 0.2) is 47.5 Å². The second-order valence-corrected chi connectivity index (χ2v) is 5.26. The van der Waals surface area contributed by atoms with Crippen molar-refractivity contribution in [2.75, 3.05) is 18.5 Å². The summed E-state index contributed by atoms with van der Waals surface area (Å²) in [6, 6.07) is 8.78. The molecule has 0 saturated heterocycles.